The molecular formula is C18H15NO2. The fourth-order valence-electron chi connectivity index (χ4n) is 2.16. The van der Waals surface area contributed by atoms with Crippen LogP contribution in [-0.4, -0.2) is 10.8 Å². The quantitative estimate of drug-likeness (QED) is 0.661. The first kappa shape index (κ1) is 13.3. The number of oxazole rings is 1. The van der Waals surface area contributed by atoms with E-state index in [-0.39, 0.29) is 5.78 Å². The molecule has 3 heteroatoms. The Hall–Kier alpha value is -2.68. The Morgan fingerprint density at radius 3 is 2.24 bits per heavy atom. The maximum Gasteiger partial charge on any atom is 0.227 e. The van der Waals surface area contributed by atoms with E-state index in [2.05, 4.69) is 4.98 Å². The third-order valence-electron chi connectivity index (χ3n) is 3.30. The van der Waals surface area contributed by atoms with Gasteiger partial charge in [0.1, 0.15) is 0 Å². The van der Waals surface area contributed by atoms with E-state index in [1.54, 1.807) is 0 Å². The Morgan fingerprint density at radius 2 is 1.62 bits per heavy atom. The molecule has 0 aliphatic heterocycles. The van der Waals surface area contributed by atoms with Crippen LogP contribution in [0, 0.1) is 6.92 Å². The topological polar surface area (TPSA) is 43.1 Å². The van der Waals surface area contributed by atoms with E-state index in [9.17, 15) is 4.79 Å². The minimum atomic E-state index is -0.100. The van der Waals surface area contributed by atoms with Crippen molar-refractivity contribution in [3.05, 3.63) is 65.9 Å². The predicted octanol–water partition coefficient (Wildman–Crippen LogP) is 4.52. The van der Waals surface area contributed by atoms with E-state index in [1.807, 2.05) is 61.5 Å². The molecule has 3 nitrogen and oxygen atoms in total. The lowest BCUT2D eigenvalue weighted by molar-refractivity contribution is 0.101. The molecule has 104 valence electrons. The van der Waals surface area contributed by atoms with Crippen molar-refractivity contribution >= 4 is 5.78 Å². The SMILES string of the molecule is CC(=O)c1nc(-c2ccccc2)oc1-c1ccc(C)cc1. The molecule has 3 rings (SSSR count). The minimum Gasteiger partial charge on any atom is -0.435 e. The summed E-state index contributed by atoms with van der Waals surface area (Å²) in [7, 11) is 0. The van der Waals surface area contributed by atoms with Crippen LogP contribution in [0.15, 0.2) is 59.0 Å². The Kier molecular flexibility index (Phi) is 3.40. The monoisotopic (exact) mass is 277 g/mol. The summed E-state index contributed by atoms with van der Waals surface area (Å²) in [6, 6.07) is 17.4. The molecule has 0 radical (unpaired) electrons. The fraction of sp³-hybridized carbons (Fsp3) is 0.111. The average Bonchev–Trinajstić information content (AvgIpc) is 2.94. The number of rotatable bonds is 3. The number of carbonyl (C=O) groups is 1. The van der Waals surface area contributed by atoms with Gasteiger partial charge in [-0.25, -0.2) is 4.98 Å². The van der Waals surface area contributed by atoms with E-state index < -0.39 is 0 Å². The molecule has 21 heavy (non-hydrogen) atoms. The molecule has 0 spiro atoms. The van der Waals surface area contributed by atoms with Crippen LogP contribution in [0.3, 0.4) is 0 Å². The van der Waals surface area contributed by atoms with Crippen molar-refractivity contribution in [3.8, 4) is 22.8 Å². The highest BCUT2D eigenvalue weighted by Gasteiger charge is 2.19. The number of ketones is 1. The van der Waals surface area contributed by atoms with E-state index in [0.717, 1.165) is 16.7 Å². The average molecular weight is 277 g/mol. The molecule has 0 unspecified atom stereocenters. The van der Waals surface area contributed by atoms with Crippen molar-refractivity contribution in [2.45, 2.75) is 13.8 Å². The zero-order valence-corrected chi connectivity index (χ0v) is 12.0. The van der Waals surface area contributed by atoms with Gasteiger partial charge in [-0.05, 0) is 19.1 Å². The van der Waals surface area contributed by atoms with E-state index in [1.165, 1.54) is 6.92 Å². The van der Waals surface area contributed by atoms with Gasteiger partial charge in [0.15, 0.2) is 17.2 Å². The molecule has 1 aromatic heterocycles. The molecule has 0 saturated carbocycles. The summed E-state index contributed by atoms with van der Waals surface area (Å²) in [5.74, 6) is 0.897. The number of nitrogens with zero attached hydrogens (tertiary/aromatic N) is 1. The zero-order chi connectivity index (χ0) is 14.8. The first-order valence-electron chi connectivity index (χ1n) is 6.79. The molecule has 0 atom stereocenters. The van der Waals surface area contributed by atoms with E-state index in [0.29, 0.717) is 17.3 Å². The van der Waals surface area contributed by atoms with Gasteiger partial charge in [-0.3, -0.25) is 4.79 Å². The second-order valence-corrected chi connectivity index (χ2v) is 4.98. The highest BCUT2D eigenvalue weighted by molar-refractivity contribution is 5.98. The smallest absolute Gasteiger partial charge is 0.227 e. The van der Waals surface area contributed by atoms with Gasteiger partial charge in [-0.15, -0.1) is 0 Å². The Morgan fingerprint density at radius 1 is 0.952 bits per heavy atom. The van der Waals surface area contributed by atoms with Crippen molar-refractivity contribution in [1.29, 1.82) is 0 Å². The number of aromatic nitrogens is 1. The van der Waals surface area contributed by atoms with Gasteiger partial charge in [0.25, 0.3) is 0 Å². The Bertz CT molecular complexity index is 771. The second-order valence-electron chi connectivity index (χ2n) is 4.98. The number of Topliss-reactive ketones (excluding diaryl/α,β-unsaturated/α-hetero) is 1. The van der Waals surface area contributed by atoms with Gasteiger partial charge in [0.05, 0.1) is 0 Å². The molecule has 0 aliphatic rings. The van der Waals surface area contributed by atoms with Crippen molar-refractivity contribution in [1.82, 2.24) is 4.98 Å². The highest BCUT2D eigenvalue weighted by atomic mass is 16.4. The van der Waals surface area contributed by atoms with Gasteiger partial charge in [0, 0.05) is 18.1 Å². The van der Waals surface area contributed by atoms with E-state index >= 15 is 0 Å². The van der Waals surface area contributed by atoms with Crippen molar-refractivity contribution < 1.29 is 9.21 Å². The molecular weight excluding hydrogens is 262 g/mol. The molecule has 3 aromatic rings. The number of carbonyl (C=O) groups excluding carboxylic acids is 1. The van der Waals surface area contributed by atoms with Gasteiger partial charge in [0.2, 0.25) is 5.89 Å². The lowest BCUT2D eigenvalue weighted by atomic mass is 10.1. The van der Waals surface area contributed by atoms with Crippen LogP contribution in [-0.2, 0) is 0 Å². The van der Waals surface area contributed by atoms with Crippen LogP contribution in [0.25, 0.3) is 22.8 Å². The normalized spacial score (nSPS) is 10.6. The molecule has 0 saturated heterocycles. The lowest BCUT2D eigenvalue weighted by Gasteiger charge is -1.99. The molecule has 2 aromatic carbocycles. The summed E-state index contributed by atoms with van der Waals surface area (Å²) in [6.07, 6.45) is 0. The van der Waals surface area contributed by atoms with Crippen molar-refractivity contribution in [3.63, 3.8) is 0 Å². The van der Waals surface area contributed by atoms with Gasteiger partial charge >= 0.3 is 0 Å². The van der Waals surface area contributed by atoms with Crippen LogP contribution in [0.5, 0.6) is 0 Å². The number of hydrogen-bond acceptors (Lipinski definition) is 3. The predicted molar refractivity (Wildman–Crippen MR) is 82.1 cm³/mol. The van der Waals surface area contributed by atoms with Crippen LogP contribution >= 0.6 is 0 Å². The third-order valence-corrected chi connectivity index (χ3v) is 3.30. The van der Waals surface area contributed by atoms with Crippen molar-refractivity contribution in [2.24, 2.45) is 0 Å². The summed E-state index contributed by atoms with van der Waals surface area (Å²) >= 11 is 0. The molecule has 1 heterocycles. The maximum absolute atomic E-state index is 11.8. The third kappa shape index (κ3) is 2.63. The molecule has 0 N–H and O–H groups in total. The Balaban J connectivity index is 2.14. The van der Waals surface area contributed by atoms with Crippen LogP contribution in [0.1, 0.15) is 23.0 Å². The van der Waals surface area contributed by atoms with Gasteiger partial charge in [-0.2, -0.15) is 0 Å². The fourth-order valence-corrected chi connectivity index (χ4v) is 2.16. The largest absolute Gasteiger partial charge is 0.435 e. The summed E-state index contributed by atoms with van der Waals surface area (Å²) in [4.78, 5) is 16.2. The Labute approximate surface area is 123 Å². The van der Waals surface area contributed by atoms with Crippen LogP contribution in [0.4, 0.5) is 0 Å². The zero-order valence-electron chi connectivity index (χ0n) is 12.0. The summed E-state index contributed by atoms with van der Waals surface area (Å²) in [5.41, 5.74) is 3.25. The molecule has 0 amide bonds. The minimum absolute atomic E-state index is 0.100. The highest BCUT2D eigenvalue weighted by Crippen LogP contribution is 2.30. The van der Waals surface area contributed by atoms with Crippen LogP contribution < -0.4 is 0 Å². The van der Waals surface area contributed by atoms with Gasteiger partial charge < -0.3 is 4.42 Å². The summed E-state index contributed by atoms with van der Waals surface area (Å²) in [5, 5.41) is 0. The van der Waals surface area contributed by atoms with E-state index in [4.69, 9.17) is 4.42 Å². The number of aryl methyl sites for hydroxylation is 1. The first-order chi connectivity index (χ1) is 10.1. The summed E-state index contributed by atoms with van der Waals surface area (Å²) < 4.78 is 5.86. The second kappa shape index (κ2) is 5.37. The summed E-state index contributed by atoms with van der Waals surface area (Å²) in [6.45, 7) is 3.52. The number of hydrogen-bond donors (Lipinski definition) is 0. The maximum atomic E-state index is 11.8. The van der Waals surface area contributed by atoms with Crippen LogP contribution in [0.2, 0.25) is 0 Å². The molecule has 0 bridgehead atoms. The lowest BCUT2D eigenvalue weighted by Crippen LogP contribution is -1.95. The van der Waals surface area contributed by atoms with Crippen molar-refractivity contribution in [2.75, 3.05) is 0 Å². The first-order valence-corrected chi connectivity index (χ1v) is 6.79. The number of benzene rings is 2. The molecule has 0 aliphatic carbocycles. The standard InChI is InChI=1S/C18H15NO2/c1-12-8-10-14(11-9-12)17-16(13(2)20)19-18(21-17)15-6-4-3-5-7-15/h3-11H,1-2H3. The molecule has 0 fully saturated rings. The van der Waals surface area contributed by atoms with Gasteiger partial charge in [-0.1, -0.05) is 48.0 Å².